The van der Waals surface area contributed by atoms with Crippen LogP contribution < -0.4 is 10.1 Å². The molecule has 0 atom stereocenters. The summed E-state index contributed by atoms with van der Waals surface area (Å²) in [6.45, 7) is 7.64. The number of ether oxygens (including phenoxy) is 1. The lowest BCUT2D eigenvalue weighted by Crippen LogP contribution is -2.28. The van der Waals surface area contributed by atoms with E-state index in [9.17, 15) is 18.0 Å². The van der Waals surface area contributed by atoms with Crippen molar-refractivity contribution in [3.63, 3.8) is 0 Å². The third kappa shape index (κ3) is 4.95. The Morgan fingerprint density at radius 2 is 2.10 bits per heavy atom. The lowest BCUT2D eigenvalue weighted by atomic mass is 10.1. The fourth-order valence-corrected chi connectivity index (χ4v) is 1.46. The summed E-state index contributed by atoms with van der Waals surface area (Å²) >= 11 is 0. The van der Waals surface area contributed by atoms with Crippen LogP contribution >= 0.6 is 0 Å². The summed E-state index contributed by atoms with van der Waals surface area (Å²) in [5.41, 5.74) is 0.370. The first-order chi connectivity index (χ1) is 9.23. The number of carbonyl (C=O) groups excluding carboxylic acids is 1. The zero-order valence-corrected chi connectivity index (χ0v) is 11.3. The first kappa shape index (κ1) is 16.1. The van der Waals surface area contributed by atoms with Gasteiger partial charge in [0.15, 0.2) is 0 Å². The Morgan fingerprint density at radius 3 is 2.60 bits per heavy atom. The molecule has 0 aliphatic rings. The number of carbonyl (C=O) groups is 1. The van der Waals surface area contributed by atoms with E-state index in [0.29, 0.717) is 12.1 Å². The Hall–Kier alpha value is -1.98. The molecule has 0 aromatic heterocycles. The summed E-state index contributed by atoms with van der Waals surface area (Å²) in [5, 5.41) is 2.56. The molecular formula is C14H16F3NO2. The number of halogens is 3. The van der Waals surface area contributed by atoms with Crippen LogP contribution in [0.4, 0.5) is 13.2 Å². The van der Waals surface area contributed by atoms with Gasteiger partial charge in [0.25, 0.3) is 5.91 Å². The molecule has 0 aliphatic carbocycles. The van der Waals surface area contributed by atoms with Crippen LogP contribution in [0.3, 0.4) is 0 Å². The Morgan fingerprint density at radius 1 is 1.45 bits per heavy atom. The molecule has 0 saturated heterocycles. The number of amides is 1. The molecule has 1 rings (SSSR count). The van der Waals surface area contributed by atoms with Crippen LogP contribution in [0.1, 0.15) is 29.8 Å². The van der Waals surface area contributed by atoms with E-state index in [-0.39, 0.29) is 11.5 Å². The maximum atomic E-state index is 12.3. The van der Waals surface area contributed by atoms with Gasteiger partial charge in [-0.05, 0) is 23.6 Å². The summed E-state index contributed by atoms with van der Waals surface area (Å²) in [6, 6.07) is 3.81. The summed E-state index contributed by atoms with van der Waals surface area (Å²) in [6.07, 6.45) is -3.40. The van der Waals surface area contributed by atoms with Gasteiger partial charge >= 0.3 is 6.36 Å². The first-order valence-corrected chi connectivity index (χ1v) is 6.03. The van der Waals surface area contributed by atoms with Gasteiger partial charge in [-0.25, -0.2) is 0 Å². The average molecular weight is 287 g/mol. The van der Waals surface area contributed by atoms with Gasteiger partial charge in [-0.3, -0.25) is 4.79 Å². The Kier molecular flexibility index (Phi) is 5.19. The quantitative estimate of drug-likeness (QED) is 0.898. The van der Waals surface area contributed by atoms with Crippen LogP contribution in [0.25, 0.3) is 6.08 Å². The van der Waals surface area contributed by atoms with Crippen molar-refractivity contribution in [2.75, 3.05) is 6.54 Å². The molecule has 110 valence electrons. The van der Waals surface area contributed by atoms with Crippen molar-refractivity contribution >= 4 is 12.0 Å². The predicted octanol–water partition coefficient (Wildman–Crippen LogP) is 3.61. The van der Waals surface area contributed by atoms with E-state index in [1.165, 1.54) is 18.2 Å². The minimum atomic E-state index is -4.84. The number of rotatable bonds is 5. The maximum Gasteiger partial charge on any atom is 0.573 e. The molecule has 6 heteroatoms. The highest BCUT2D eigenvalue weighted by Crippen LogP contribution is 2.27. The maximum absolute atomic E-state index is 12.3. The average Bonchev–Trinajstić information content (AvgIpc) is 2.34. The van der Waals surface area contributed by atoms with E-state index in [1.807, 2.05) is 13.8 Å². The molecule has 20 heavy (non-hydrogen) atoms. The summed E-state index contributed by atoms with van der Waals surface area (Å²) in [5.74, 6) is -0.945. The normalized spacial score (nSPS) is 11.3. The van der Waals surface area contributed by atoms with Crippen LogP contribution in [0, 0.1) is 5.92 Å². The second-order valence-corrected chi connectivity index (χ2v) is 4.61. The molecule has 0 spiro atoms. The van der Waals surface area contributed by atoms with Gasteiger partial charge in [0, 0.05) is 6.54 Å². The SMILES string of the molecule is C=Cc1ccc(OC(F)(F)F)c(C(=O)NCC(C)C)c1. The summed E-state index contributed by atoms with van der Waals surface area (Å²) < 4.78 is 40.8. The van der Waals surface area contributed by atoms with Crippen LogP contribution in [-0.2, 0) is 0 Å². The van der Waals surface area contributed by atoms with Crippen LogP contribution in [0.2, 0.25) is 0 Å². The molecule has 1 N–H and O–H groups in total. The van der Waals surface area contributed by atoms with Gasteiger partial charge < -0.3 is 10.1 Å². The molecule has 0 bridgehead atoms. The smallest absolute Gasteiger partial charge is 0.405 e. The highest BCUT2D eigenvalue weighted by atomic mass is 19.4. The van der Waals surface area contributed by atoms with Crippen molar-refractivity contribution in [1.29, 1.82) is 0 Å². The fourth-order valence-electron chi connectivity index (χ4n) is 1.46. The zero-order chi connectivity index (χ0) is 15.3. The second-order valence-electron chi connectivity index (χ2n) is 4.61. The van der Waals surface area contributed by atoms with E-state index in [4.69, 9.17) is 0 Å². The molecule has 1 amide bonds. The molecule has 1 aromatic carbocycles. The largest absolute Gasteiger partial charge is 0.573 e. The van der Waals surface area contributed by atoms with Crippen molar-refractivity contribution in [1.82, 2.24) is 5.32 Å². The summed E-state index contributed by atoms with van der Waals surface area (Å²) in [4.78, 5) is 11.9. The van der Waals surface area contributed by atoms with Crippen molar-refractivity contribution in [3.8, 4) is 5.75 Å². The zero-order valence-electron chi connectivity index (χ0n) is 11.3. The van der Waals surface area contributed by atoms with E-state index < -0.39 is 18.0 Å². The number of alkyl halides is 3. The van der Waals surface area contributed by atoms with Gasteiger partial charge in [-0.15, -0.1) is 13.2 Å². The number of nitrogens with one attached hydrogen (secondary N) is 1. The van der Waals surface area contributed by atoms with Crippen molar-refractivity contribution in [2.24, 2.45) is 5.92 Å². The Bertz CT molecular complexity index is 496. The molecule has 0 saturated carbocycles. The number of hydrogen-bond acceptors (Lipinski definition) is 2. The van der Waals surface area contributed by atoms with Gasteiger partial charge in [-0.2, -0.15) is 0 Å². The highest BCUT2D eigenvalue weighted by Gasteiger charge is 2.33. The molecule has 0 radical (unpaired) electrons. The van der Waals surface area contributed by atoms with Crippen LogP contribution in [0.15, 0.2) is 24.8 Å². The van der Waals surface area contributed by atoms with E-state index in [0.717, 1.165) is 6.07 Å². The van der Waals surface area contributed by atoms with Gasteiger partial charge in [-0.1, -0.05) is 32.6 Å². The van der Waals surface area contributed by atoms with Gasteiger partial charge in [0.1, 0.15) is 5.75 Å². The topological polar surface area (TPSA) is 38.3 Å². The molecular weight excluding hydrogens is 271 g/mol. The van der Waals surface area contributed by atoms with Crippen molar-refractivity contribution in [3.05, 3.63) is 35.9 Å². The molecule has 0 aliphatic heterocycles. The Labute approximate surface area is 115 Å². The second kappa shape index (κ2) is 6.45. The molecule has 0 heterocycles. The number of benzene rings is 1. The molecule has 0 fully saturated rings. The highest BCUT2D eigenvalue weighted by molar-refractivity contribution is 5.97. The molecule has 3 nitrogen and oxygen atoms in total. The fraction of sp³-hybridized carbons (Fsp3) is 0.357. The van der Waals surface area contributed by atoms with Crippen molar-refractivity contribution < 1.29 is 22.7 Å². The Balaban J connectivity index is 3.05. The van der Waals surface area contributed by atoms with Gasteiger partial charge in [0.05, 0.1) is 5.56 Å². The molecule has 0 unspecified atom stereocenters. The monoisotopic (exact) mass is 287 g/mol. The van der Waals surface area contributed by atoms with Crippen LogP contribution in [-0.4, -0.2) is 18.8 Å². The molecule has 1 aromatic rings. The van der Waals surface area contributed by atoms with E-state index >= 15 is 0 Å². The minimum Gasteiger partial charge on any atom is -0.405 e. The van der Waals surface area contributed by atoms with Gasteiger partial charge in [0.2, 0.25) is 0 Å². The lowest BCUT2D eigenvalue weighted by Gasteiger charge is -2.14. The predicted molar refractivity (Wildman–Crippen MR) is 70.4 cm³/mol. The van der Waals surface area contributed by atoms with Crippen molar-refractivity contribution in [2.45, 2.75) is 20.2 Å². The van der Waals surface area contributed by atoms with E-state index in [1.54, 1.807) is 0 Å². The summed E-state index contributed by atoms with van der Waals surface area (Å²) in [7, 11) is 0. The third-order valence-electron chi connectivity index (χ3n) is 2.38. The van der Waals surface area contributed by atoms with E-state index in [2.05, 4.69) is 16.6 Å². The number of hydrogen-bond donors (Lipinski definition) is 1. The standard InChI is InChI=1S/C14H16F3NO2/c1-4-10-5-6-12(20-14(15,16)17)11(7-10)13(19)18-8-9(2)3/h4-7,9H,1,8H2,2-3H3,(H,18,19). The van der Waals surface area contributed by atoms with Crippen LogP contribution in [0.5, 0.6) is 5.75 Å². The third-order valence-corrected chi connectivity index (χ3v) is 2.38. The minimum absolute atomic E-state index is 0.166. The lowest BCUT2D eigenvalue weighted by molar-refractivity contribution is -0.274. The first-order valence-electron chi connectivity index (χ1n) is 6.03.